The molecule has 0 saturated carbocycles. The van der Waals surface area contributed by atoms with Gasteiger partial charge in [-0.25, -0.2) is 4.79 Å². The Hall–Kier alpha value is -1.24. The highest BCUT2D eigenvalue weighted by molar-refractivity contribution is 8.15. The summed E-state index contributed by atoms with van der Waals surface area (Å²) in [6.45, 7) is 4.15. The standard InChI is InChI=1S/C8H13N3O3S/c1-4-11-6(12)5(2)15-7(11)10-14-8(13)9-3/h5H,4H2,1-3H3,(H,9,13). The summed E-state index contributed by atoms with van der Waals surface area (Å²) >= 11 is 1.28. The minimum absolute atomic E-state index is 0.0123. The molecule has 7 heteroatoms. The summed E-state index contributed by atoms with van der Waals surface area (Å²) in [4.78, 5) is 28.3. The van der Waals surface area contributed by atoms with Gasteiger partial charge in [0.2, 0.25) is 11.1 Å². The van der Waals surface area contributed by atoms with Gasteiger partial charge in [0.05, 0.1) is 5.25 Å². The first-order valence-electron chi connectivity index (χ1n) is 4.54. The van der Waals surface area contributed by atoms with E-state index in [-0.39, 0.29) is 11.2 Å². The largest absolute Gasteiger partial charge is 0.433 e. The molecular formula is C8H13N3O3S. The zero-order valence-corrected chi connectivity index (χ0v) is 9.63. The van der Waals surface area contributed by atoms with E-state index < -0.39 is 6.09 Å². The molecule has 0 aromatic heterocycles. The van der Waals surface area contributed by atoms with Crippen LogP contribution in [0.2, 0.25) is 0 Å². The van der Waals surface area contributed by atoms with Gasteiger partial charge in [0.25, 0.3) is 0 Å². The predicted octanol–water partition coefficient (Wildman–Crippen LogP) is 0.597. The van der Waals surface area contributed by atoms with Crippen molar-refractivity contribution in [2.75, 3.05) is 13.6 Å². The summed E-state index contributed by atoms with van der Waals surface area (Å²) in [6.07, 6.45) is -0.647. The van der Waals surface area contributed by atoms with E-state index in [0.29, 0.717) is 11.7 Å². The van der Waals surface area contributed by atoms with E-state index in [9.17, 15) is 9.59 Å². The third kappa shape index (κ3) is 2.62. The first-order valence-corrected chi connectivity index (χ1v) is 5.42. The van der Waals surface area contributed by atoms with Crippen molar-refractivity contribution in [3.63, 3.8) is 0 Å². The van der Waals surface area contributed by atoms with Gasteiger partial charge in [-0.2, -0.15) is 0 Å². The van der Waals surface area contributed by atoms with Gasteiger partial charge in [-0.15, -0.1) is 0 Å². The molecule has 15 heavy (non-hydrogen) atoms. The molecule has 1 heterocycles. The Kier molecular flexibility index (Phi) is 3.96. The fourth-order valence-corrected chi connectivity index (χ4v) is 2.04. The molecule has 0 bridgehead atoms. The number of carbonyl (C=O) groups is 2. The number of oxime groups is 1. The Morgan fingerprint density at radius 3 is 2.93 bits per heavy atom. The lowest BCUT2D eigenvalue weighted by Crippen LogP contribution is -2.31. The van der Waals surface area contributed by atoms with Crippen molar-refractivity contribution in [2.45, 2.75) is 19.1 Å². The number of amides is 2. The van der Waals surface area contributed by atoms with Crippen molar-refractivity contribution < 1.29 is 14.4 Å². The van der Waals surface area contributed by atoms with Crippen molar-refractivity contribution >= 4 is 28.9 Å². The summed E-state index contributed by atoms with van der Waals surface area (Å²) in [5.74, 6) is -0.0123. The van der Waals surface area contributed by atoms with Crippen LogP contribution in [-0.4, -0.2) is 40.9 Å². The highest BCUT2D eigenvalue weighted by Gasteiger charge is 2.34. The number of thioether (sulfide) groups is 1. The molecule has 0 aromatic rings. The summed E-state index contributed by atoms with van der Waals surface area (Å²) < 4.78 is 0. The Bertz CT molecular complexity index is 306. The van der Waals surface area contributed by atoms with Gasteiger partial charge < -0.3 is 5.32 Å². The fraction of sp³-hybridized carbons (Fsp3) is 0.625. The first-order chi connectivity index (χ1) is 7.10. The average Bonchev–Trinajstić information content (AvgIpc) is 2.51. The summed E-state index contributed by atoms with van der Waals surface area (Å²) in [7, 11) is 1.44. The number of carbonyl (C=O) groups excluding carboxylic acids is 2. The van der Waals surface area contributed by atoms with Crippen LogP contribution >= 0.6 is 11.8 Å². The van der Waals surface area contributed by atoms with Crippen LogP contribution in [-0.2, 0) is 9.63 Å². The molecule has 1 aliphatic rings. The van der Waals surface area contributed by atoms with E-state index in [0.717, 1.165) is 0 Å². The van der Waals surface area contributed by atoms with E-state index in [1.807, 2.05) is 6.92 Å². The van der Waals surface area contributed by atoms with Gasteiger partial charge >= 0.3 is 6.09 Å². The predicted molar refractivity (Wildman–Crippen MR) is 57.4 cm³/mol. The van der Waals surface area contributed by atoms with Gasteiger partial charge in [0, 0.05) is 13.6 Å². The second kappa shape index (κ2) is 5.01. The van der Waals surface area contributed by atoms with Crippen LogP contribution in [0.5, 0.6) is 0 Å². The van der Waals surface area contributed by atoms with Gasteiger partial charge in [-0.05, 0) is 19.0 Å². The molecule has 1 atom stereocenters. The minimum Gasteiger partial charge on any atom is -0.323 e. The van der Waals surface area contributed by atoms with E-state index in [4.69, 9.17) is 0 Å². The van der Waals surface area contributed by atoms with Crippen LogP contribution in [0.15, 0.2) is 5.16 Å². The molecule has 0 radical (unpaired) electrons. The van der Waals surface area contributed by atoms with E-state index >= 15 is 0 Å². The molecule has 2 amide bonds. The van der Waals surface area contributed by atoms with E-state index in [1.54, 1.807) is 6.92 Å². The average molecular weight is 231 g/mol. The minimum atomic E-state index is -0.647. The molecule has 1 rings (SSSR count). The topological polar surface area (TPSA) is 71.0 Å². The molecule has 84 valence electrons. The molecule has 1 N–H and O–H groups in total. The zero-order chi connectivity index (χ0) is 11.4. The second-order valence-electron chi connectivity index (χ2n) is 2.85. The number of nitrogens with zero attached hydrogens (tertiary/aromatic N) is 2. The van der Waals surface area contributed by atoms with Crippen LogP contribution in [0.1, 0.15) is 13.8 Å². The second-order valence-corrected chi connectivity index (χ2v) is 4.15. The van der Waals surface area contributed by atoms with Gasteiger partial charge in [-0.1, -0.05) is 11.8 Å². The smallest absolute Gasteiger partial charge is 0.323 e. The molecule has 6 nitrogen and oxygen atoms in total. The van der Waals surface area contributed by atoms with Crippen molar-refractivity contribution in [1.82, 2.24) is 10.2 Å². The lowest BCUT2D eigenvalue weighted by Gasteiger charge is -2.11. The van der Waals surface area contributed by atoms with Crippen LogP contribution in [0.3, 0.4) is 0 Å². The maximum absolute atomic E-state index is 11.5. The molecule has 1 saturated heterocycles. The van der Waals surface area contributed by atoms with Gasteiger partial charge in [0.1, 0.15) is 0 Å². The maximum atomic E-state index is 11.5. The van der Waals surface area contributed by atoms with Gasteiger partial charge in [0.15, 0.2) is 0 Å². The van der Waals surface area contributed by atoms with Crippen LogP contribution in [0, 0.1) is 0 Å². The lowest BCUT2D eigenvalue weighted by atomic mass is 10.4. The van der Waals surface area contributed by atoms with Crippen LogP contribution in [0.25, 0.3) is 0 Å². The zero-order valence-electron chi connectivity index (χ0n) is 8.81. The summed E-state index contributed by atoms with van der Waals surface area (Å²) in [6, 6.07) is 0. The summed E-state index contributed by atoms with van der Waals surface area (Å²) in [5.41, 5.74) is 0. The molecule has 1 aliphatic heterocycles. The third-order valence-electron chi connectivity index (χ3n) is 1.85. The highest BCUT2D eigenvalue weighted by Crippen LogP contribution is 2.26. The quantitative estimate of drug-likeness (QED) is 0.558. The Labute approximate surface area is 92.0 Å². The van der Waals surface area contributed by atoms with Crippen molar-refractivity contribution in [1.29, 1.82) is 0 Å². The van der Waals surface area contributed by atoms with E-state index in [2.05, 4.69) is 15.3 Å². The monoisotopic (exact) mass is 231 g/mol. The molecule has 0 spiro atoms. The van der Waals surface area contributed by atoms with Crippen molar-refractivity contribution in [2.24, 2.45) is 5.16 Å². The number of nitrogens with one attached hydrogen (secondary N) is 1. The Morgan fingerprint density at radius 1 is 1.73 bits per heavy atom. The summed E-state index contributed by atoms with van der Waals surface area (Å²) in [5, 5.41) is 6.14. The van der Waals surface area contributed by atoms with Crippen LogP contribution < -0.4 is 5.32 Å². The molecular weight excluding hydrogens is 218 g/mol. The SMILES string of the molecule is CCN1C(=O)C(C)SC1=NOC(=O)NC. The number of hydrogen-bond acceptors (Lipinski definition) is 5. The number of hydrogen-bond donors (Lipinski definition) is 1. The maximum Gasteiger partial charge on any atom is 0.433 e. The Morgan fingerprint density at radius 2 is 2.40 bits per heavy atom. The Balaban J connectivity index is 2.69. The number of rotatable bonds is 2. The van der Waals surface area contributed by atoms with E-state index in [1.165, 1.54) is 23.7 Å². The lowest BCUT2D eigenvalue weighted by molar-refractivity contribution is -0.125. The number of amidine groups is 1. The van der Waals surface area contributed by atoms with Crippen LogP contribution in [0.4, 0.5) is 4.79 Å². The van der Waals surface area contributed by atoms with Crippen molar-refractivity contribution in [3.05, 3.63) is 0 Å². The van der Waals surface area contributed by atoms with Gasteiger partial charge in [-0.3, -0.25) is 14.5 Å². The highest BCUT2D eigenvalue weighted by atomic mass is 32.2. The normalized spacial score (nSPS) is 23.4. The molecule has 1 fully saturated rings. The fourth-order valence-electron chi connectivity index (χ4n) is 1.07. The third-order valence-corrected chi connectivity index (χ3v) is 2.91. The molecule has 0 aliphatic carbocycles. The molecule has 0 aromatic carbocycles. The van der Waals surface area contributed by atoms with Crippen molar-refractivity contribution in [3.8, 4) is 0 Å². The first kappa shape index (κ1) is 11.8. The molecule has 1 unspecified atom stereocenters.